The molecule has 0 aromatic rings. The van der Waals surface area contributed by atoms with Crippen LogP contribution in [0.25, 0.3) is 0 Å². The molecule has 0 unspecified atom stereocenters. The SMILES string of the molecule is CN1[P+](N2CCCC2)(N2CCCC2)NC=P(N2CCCC2)(N2CCCC2)N[P+]1(N1CCCC1)N1CCCC1. The molecule has 0 aromatic carbocycles. The van der Waals surface area contributed by atoms with Crippen LogP contribution < -0.4 is 9.95 Å². The van der Waals surface area contributed by atoms with E-state index in [0.717, 1.165) is 0 Å². The Labute approximate surface area is 233 Å². The number of hydrogen-bond donors (Lipinski definition) is 2. The van der Waals surface area contributed by atoms with Crippen LogP contribution in [0.2, 0.25) is 0 Å². The summed E-state index contributed by atoms with van der Waals surface area (Å²) in [6.45, 7) is 15.1. The van der Waals surface area contributed by atoms with E-state index in [1.165, 1.54) is 156 Å². The summed E-state index contributed by atoms with van der Waals surface area (Å²) in [6.07, 6.45) is 16.3. The third kappa shape index (κ3) is 4.38. The Kier molecular flexibility index (Phi) is 8.34. The second-order valence-corrected chi connectivity index (χ2v) is 22.4. The lowest BCUT2D eigenvalue weighted by Gasteiger charge is -2.50. The van der Waals surface area contributed by atoms with Gasteiger partial charge in [0.15, 0.2) is 0 Å². The van der Waals surface area contributed by atoms with Gasteiger partial charge >= 0.3 is 15.7 Å². The van der Waals surface area contributed by atoms with Gasteiger partial charge in [0.2, 0.25) is 0 Å². The lowest BCUT2D eigenvalue weighted by molar-refractivity contribution is 0.371. The molecule has 7 heterocycles. The number of hydrogen-bond acceptors (Lipinski definition) is 9. The van der Waals surface area contributed by atoms with E-state index in [0.29, 0.717) is 0 Å². The van der Waals surface area contributed by atoms with Crippen LogP contribution in [0.5, 0.6) is 0 Å². The van der Waals surface area contributed by atoms with Crippen molar-refractivity contribution in [2.45, 2.75) is 77.0 Å². The minimum atomic E-state index is -1.98. The maximum Gasteiger partial charge on any atom is 0.350 e. The molecule has 0 spiro atoms. The first-order valence-corrected chi connectivity index (χ1v) is 21.1. The minimum Gasteiger partial charge on any atom is -0.257 e. The highest BCUT2D eigenvalue weighted by Crippen LogP contribution is 2.84. The minimum absolute atomic E-state index is 1.26. The van der Waals surface area contributed by atoms with Crippen molar-refractivity contribution in [1.82, 2.24) is 42.4 Å². The predicted molar refractivity (Wildman–Crippen MR) is 166 cm³/mol. The summed E-state index contributed by atoms with van der Waals surface area (Å²) in [6, 6.07) is 0. The summed E-state index contributed by atoms with van der Waals surface area (Å²) < 4.78 is 21.0. The predicted octanol–water partition coefficient (Wildman–Crippen LogP) is 4.56. The maximum atomic E-state index is 4.87. The highest BCUT2D eigenvalue weighted by Gasteiger charge is 2.75. The lowest BCUT2D eigenvalue weighted by atomic mass is 10.4. The molecular formula is C26H54N9P3+2. The topological polar surface area (TPSA) is 46.7 Å². The molecule has 7 aliphatic heterocycles. The average molecular weight is 586 g/mol. The standard InChI is InChI=1S/C26H54N9P3/c1-29-37(32-18-6-7-19-32,33-20-8-9-21-33)27-26-36(30-14-2-3-15-30,31-16-4-5-17-31)28-38(29,34-22-10-11-23-34)35-24-12-13-25-35/h26-28H,2-25H2,1H3/q+2. The van der Waals surface area contributed by atoms with Gasteiger partial charge in [-0.2, -0.15) is 0 Å². The highest BCUT2D eigenvalue weighted by atomic mass is 31.3. The van der Waals surface area contributed by atoms with Crippen LogP contribution in [0.3, 0.4) is 0 Å². The van der Waals surface area contributed by atoms with E-state index >= 15 is 0 Å². The van der Waals surface area contributed by atoms with E-state index in [9.17, 15) is 0 Å². The molecule has 12 heteroatoms. The van der Waals surface area contributed by atoms with Crippen molar-refractivity contribution in [3.63, 3.8) is 0 Å². The molecule has 6 saturated heterocycles. The van der Waals surface area contributed by atoms with Gasteiger partial charge in [0.25, 0.3) is 0 Å². The number of rotatable bonds is 6. The zero-order chi connectivity index (χ0) is 25.6. The Morgan fingerprint density at radius 3 is 1.16 bits per heavy atom. The summed E-state index contributed by atoms with van der Waals surface area (Å²) in [7, 11) is -3.20. The Morgan fingerprint density at radius 2 is 0.789 bits per heavy atom. The molecule has 0 amide bonds. The summed E-state index contributed by atoms with van der Waals surface area (Å²) in [4.78, 5) is 4.87. The highest BCUT2D eigenvalue weighted by molar-refractivity contribution is 7.90. The molecule has 2 N–H and O–H groups in total. The Balaban J connectivity index is 1.46. The van der Waals surface area contributed by atoms with Crippen LogP contribution in [0.1, 0.15) is 77.0 Å². The smallest absolute Gasteiger partial charge is 0.257 e. The molecule has 216 valence electrons. The van der Waals surface area contributed by atoms with Crippen molar-refractivity contribution in [2.75, 3.05) is 85.6 Å². The van der Waals surface area contributed by atoms with E-state index in [2.05, 4.69) is 50.5 Å². The molecule has 7 aliphatic rings. The fraction of sp³-hybridized carbons (Fsp3) is 0.962. The monoisotopic (exact) mass is 585 g/mol. The average Bonchev–Trinajstić information content (AvgIpc) is 3.78. The molecule has 0 radical (unpaired) electrons. The van der Waals surface area contributed by atoms with Crippen LogP contribution in [-0.2, 0) is 0 Å². The zero-order valence-electron chi connectivity index (χ0n) is 24.0. The van der Waals surface area contributed by atoms with E-state index in [1.54, 1.807) is 0 Å². The normalized spacial score (nSPS) is 34.4. The molecule has 0 aromatic heterocycles. The fourth-order valence-electron chi connectivity index (χ4n) is 8.48. The van der Waals surface area contributed by atoms with Gasteiger partial charge in [-0.1, -0.05) is 4.86 Å². The van der Waals surface area contributed by atoms with Crippen molar-refractivity contribution in [3.8, 4) is 0 Å². The first-order valence-electron chi connectivity index (χ1n) is 16.1. The second kappa shape index (κ2) is 11.5. The second-order valence-electron chi connectivity index (χ2n) is 12.6. The van der Waals surface area contributed by atoms with Gasteiger partial charge in [-0.3, -0.25) is 9.34 Å². The van der Waals surface area contributed by atoms with Crippen LogP contribution in [0, 0.1) is 0 Å². The van der Waals surface area contributed by atoms with Gasteiger partial charge in [-0.15, -0.1) is 23.8 Å². The van der Waals surface area contributed by atoms with Crippen molar-refractivity contribution >= 4 is 29.0 Å². The Morgan fingerprint density at radius 1 is 0.474 bits per heavy atom. The summed E-state index contributed by atoms with van der Waals surface area (Å²) in [5, 5.41) is 4.52. The Hall–Kier alpha value is 0.800. The van der Waals surface area contributed by atoms with Gasteiger partial charge < -0.3 is 0 Å². The largest absolute Gasteiger partial charge is 0.350 e. The fourth-order valence-corrected chi connectivity index (χ4v) is 25.9. The summed E-state index contributed by atoms with van der Waals surface area (Å²) in [5.41, 5.74) is 0. The lowest BCUT2D eigenvalue weighted by Crippen LogP contribution is -2.54. The number of nitrogens with zero attached hydrogens (tertiary/aromatic N) is 7. The molecule has 38 heavy (non-hydrogen) atoms. The first kappa shape index (κ1) is 27.6. The van der Waals surface area contributed by atoms with Gasteiger partial charge in [0, 0.05) is 83.0 Å². The van der Waals surface area contributed by atoms with E-state index in [4.69, 9.17) is 4.86 Å². The van der Waals surface area contributed by atoms with Crippen molar-refractivity contribution in [1.29, 1.82) is 0 Å². The molecule has 0 atom stereocenters. The summed E-state index contributed by atoms with van der Waals surface area (Å²) in [5.74, 6) is 2.76. The van der Waals surface area contributed by atoms with E-state index in [-0.39, 0.29) is 0 Å². The summed E-state index contributed by atoms with van der Waals surface area (Å²) >= 11 is 0. The van der Waals surface area contributed by atoms with Gasteiger partial charge in [0.1, 0.15) is 7.34 Å². The molecular weight excluding hydrogens is 531 g/mol. The number of nitrogens with one attached hydrogen (secondary N) is 2. The molecule has 6 fully saturated rings. The van der Waals surface area contributed by atoms with Crippen LogP contribution in [-0.4, -0.2) is 124 Å². The third-order valence-corrected chi connectivity index (χ3v) is 24.2. The maximum absolute atomic E-state index is 4.87. The molecule has 9 nitrogen and oxygen atoms in total. The zero-order valence-corrected chi connectivity index (χ0v) is 26.7. The van der Waals surface area contributed by atoms with Crippen LogP contribution >= 0.6 is 23.1 Å². The molecule has 7 rings (SSSR count). The quantitative estimate of drug-likeness (QED) is 0.437. The van der Waals surface area contributed by atoms with E-state index < -0.39 is 23.1 Å². The van der Waals surface area contributed by atoms with E-state index in [1.807, 2.05) is 0 Å². The molecule has 0 bridgehead atoms. The van der Waals surface area contributed by atoms with Crippen molar-refractivity contribution < 1.29 is 0 Å². The van der Waals surface area contributed by atoms with Crippen molar-refractivity contribution in [2.24, 2.45) is 0 Å². The van der Waals surface area contributed by atoms with Crippen LogP contribution in [0.4, 0.5) is 0 Å². The Bertz CT molecular complexity index is 817. The molecule has 0 aliphatic carbocycles. The van der Waals surface area contributed by atoms with Crippen LogP contribution in [0.15, 0.2) is 0 Å². The first-order chi connectivity index (χ1) is 18.7. The van der Waals surface area contributed by atoms with Gasteiger partial charge in [-0.05, 0) is 77.0 Å². The van der Waals surface area contributed by atoms with Gasteiger partial charge in [0.05, 0.1) is 13.0 Å². The van der Waals surface area contributed by atoms with Crippen molar-refractivity contribution in [3.05, 3.63) is 0 Å². The third-order valence-electron chi connectivity index (χ3n) is 10.4. The van der Waals surface area contributed by atoms with Gasteiger partial charge in [-0.25, -0.2) is 0 Å². The molecule has 0 saturated carbocycles.